The van der Waals surface area contributed by atoms with E-state index >= 15 is 0 Å². The van der Waals surface area contributed by atoms with Crippen molar-refractivity contribution in [3.8, 4) is 0 Å². The predicted octanol–water partition coefficient (Wildman–Crippen LogP) is -3.71. The molecule has 10 heavy (non-hydrogen) atoms. The van der Waals surface area contributed by atoms with Gasteiger partial charge in [0.1, 0.15) is 0 Å². The van der Waals surface area contributed by atoms with E-state index in [4.69, 9.17) is 5.73 Å². The van der Waals surface area contributed by atoms with Gasteiger partial charge in [-0.2, -0.15) is 0 Å². The summed E-state index contributed by atoms with van der Waals surface area (Å²) in [5.74, 6) is 7.75. The Morgan fingerprint density at radius 1 is 1.10 bits per heavy atom. The third-order valence-electron chi connectivity index (χ3n) is 0.849. The van der Waals surface area contributed by atoms with Crippen molar-refractivity contribution in [3.63, 3.8) is 0 Å². The molecule has 0 unspecified atom stereocenters. The lowest BCUT2D eigenvalue weighted by Crippen LogP contribution is -2.54. The highest BCUT2D eigenvalue weighted by atomic mass is 16.2. The molecule has 0 bridgehead atoms. The first kappa shape index (κ1) is 8.82. The van der Waals surface area contributed by atoms with E-state index < -0.39 is 17.9 Å². The maximum atomic E-state index is 10.4. The van der Waals surface area contributed by atoms with Crippen molar-refractivity contribution in [2.75, 3.05) is 0 Å². The fraction of sp³-hybridized carbons (Fsp3) is 0.333. The Balaban J connectivity index is 3.94. The zero-order valence-electron chi connectivity index (χ0n) is 5.13. The minimum absolute atomic E-state index is 0.789. The summed E-state index contributed by atoms with van der Waals surface area (Å²) in [4.78, 5) is 20.9. The van der Waals surface area contributed by atoms with E-state index in [-0.39, 0.29) is 0 Å². The lowest BCUT2D eigenvalue weighted by molar-refractivity contribution is -0.131. The Bertz CT molecular complexity index is 130. The fourth-order valence-electron chi connectivity index (χ4n) is 0.299. The molecule has 0 spiro atoms. The molecule has 0 aromatic carbocycles. The highest BCUT2D eigenvalue weighted by Gasteiger charge is 2.19. The molecule has 0 fully saturated rings. The summed E-state index contributed by atoms with van der Waals surface area (Å²) in [5.41, 5.74) is 8.40. The molecule has 0 aromatic rings. The van der Waals surface area contributed by atoms with E-state index in [0.717, 1.165) is 0 Å². The van der Waals surface area contributed by atoms with Gasteiger partial charge in [-0.05, 0) is 0 Å². The largest absolute Gasteiger partial charge is 0.312 e. The molecule has 0 heterocycles. The summed E-state index contributed by atoms with van der Waals surface area (Å²) in [6.45, 7) is 0. The number of carbonyl (C=O) groups excluding carboxylic acids is 2. The summed E-state index contributed by atoms with van der Waals surface area (Å²) in [5, 5.41) is 0. The number of hydrogen-bond acceptors (Lipinski definition) is 5. The minimum Gasteiger partial charge on any atom is -0.312 e. The van der Waals surface area contributed by atoms with Gasteiger partial charge >= 0.3 is 0 Å². The Kier molecular flexibility index (Phi) is 3.33. The van der Waals surface area contributed by atoms with Gasteiger partial charge in [-0.1, -0.05) is 0 Å². The quantitative estimate of drug-likeness (QED) is 0.118. The maximum Gasteiger partial charge on any atom is 0.260 e. The third-order valence-corrected chi connectivity index (χ3v) is 0.849. The van der Waals surface area contributed by atoms with Crippen LogP contribution < -0.4 is 28.3 Å². The first-order valence-electron chi connectivity index (χ1n) is 2.40. The van der Waals surface area contributed by atoms with E-state index in [1.54, 1.807) is 10.9 Å². The third kappa shape index (κ3) is 1.97. The molecule has 0 atom stereocenters. The van der Waals surface area contributed by atoms with Gasteiger partial charge in [0.05, 0.1) is 0 Å². The molecule has 0 rings (SSSR count). The maximum absolute atomic E-state index is 10.4. The van der Waals surface area contributed by atoms with Crippen molar-refractivity contribution >= 4 is 11.8 Å². The van der Waals surface area contributed by atoms with Crippen molar-refractivity contribution in [1.29, 1.82) is 0 Å². The van der Waals surface area contributed by atoms with Gasteiger partial charge in [-0.25, -0.2) is 11.7 Å². The highest BCUT2D eigenvalue weighted by molar-refractivity contribution is 6.03. The number of hydrazine groups is 2. The summed E-state index contributed by atoms with van der Waals surface area (Å²) in [7, 11) is 0. The molecule has 0 radical (unpaired) electrons. The van der Waals surface area contributed by atoms with Gasteiger partial charge in [0.25, 0.3) is 11.8 Å². The predicted molar refractivity (Wildman–Crippen MR) is 32.6 cm³/mol. The average molecular weight is 147 g/mol. The van der Waals surface area contributed by atoms with E-state index in [9.17, 15) is 9.59 Å². The van der Waals surface area contributed by atoms with Crippen molar-refractivity contribution in [1.82, 2.24) is 10.9 Å². The van der Waals surface area contributed by atoms with Crippen molar-refractivity contribution in [3.05, 3.63) is 0 Å². The van der Waals surface area contributed by atoms with Crippen LogP contribution in [0.3, 0.4) is 0 Å². The van der Waals surface area contributed by atoms with Crippen LogP contribution in [-0.4, -0.2) is 17.9 Å². The molecule has 0 aliphatic rings. The van der Waals surface area contributed by atoms with Crippen molar-refractivity contribution in [2.24, 2.45) is 17.4 Å². The molecular weight excluding hydrogens is 138 g/mol. The molecule has 0 aromatic heterocycles. The number of carbonyl (C=O) groups is 2. The number of nitrogens with two attached hydrogens (primary N) is 3. The van der Waals surface area contributed by atoms with Crippen LogP contribution in [0.2, 0.25) is 0 Å². The van der Waals surface area contributed by atoms with Gasteiger partial charge in [0.2, 0.25) is 0 Å². The van der Waals surface area contributed by atoms with Crippen LogP contribution in [0, 0.1) is 0 Å². The monoisotopic (exact) mass is 147 g/mol. The standard InChI is InChI=1S/C3H9N5O2/c4-1(2(9)7-5)3(10)8-6/h1H,4-6H2,(H,7,9)(H,8,10). The molecular formula is C3H9N5O2. The first-order valence-corrected chi connectivity index (χ1v) is 2.40. The number of amides is 2. The molecule has 7 nitrogen and oxygen atoms in total. The Labute approximate surface area is 56.9 Å². The fourth-order valence-corrected chi connectivity index (χ4v) is 0.299. The smallest absolute Gasteiger partial charge is 0.260 e. The summed E-state index contributed by atoms with van der Waals surface area (Å²) < 4.78 is 0. The van der Waals surface area contributed by atoms with Gasteiger partial charge < -0.3 is 5.73 Å². The summed E-state index contributed by atoms with van der Waals surface area (Å²) >= 11 is 0. The van der Waals surface area contributed by atoms with E-state index in [2.05, 4.69) is 11.7 Å². The van der Waals surface area contributed by atoms with Gasteiger partial charge in [0, 0.05) is 0 Å². The topological polar surface area (TPSA) is 136 Å². The van der Waals surface area contributed by atoms with E-state index in [0.29, 0.717) is 0 Å². The zero-order valence-corrected chi connectivity index (χ0v) is 5.13. The van der Waals surface area contributed by atoms with Crippen LogP contribution >= 0.6 is 0 Å². The van der Waals surface area contributed by atoms with Crippen LogP contribution in [0.15, 0.2) is 0 Å². The number of hydrogen-bond donors (Lipinski definition) is 5. The van der Waals surface area contributed by atoms with Gasteiger partial charge in [-0.15, -0.1) is 0 Å². The molecule has 8 N–H and O–H groups in total. The molecule has 0 saturated heterocycles. The van der Waals surface area contributed by atoms with Gasteiger partial charge in [0.15, 0.2) is 6.04 Å². The average Bonchev–Trinajstić information content (AvgIpc) is 2.00. The molecule has 0 aliphatic carbocycles. The lowest BCUT2D eigenvalue weighted by atomic mass is 10.3. The summed E-state index contributed by atoms with van der Waals surface area (Å²) in [6, 6.07) is -1.35. The highest BCUT2D eigenvalue weighted by Crippen LogP contribution is 1.74. The summed E-state index contributed by atoms with van der Waals surface area (Å²) in [6.07, 6.45) is 0. The molecule has 7 heteroatoms. The Hall–Kier alpha value is -1.18. The minimum atomic E-state index is -1.35. The SMILES string of the molecule is NNC(=O)C(N)C(=O)NN. The van der Waals surface area contributed by atoms with Crippen LogP contribution in [0.1, 0.15) is 0 Å². The second-order valence-corrected chi connectivity index (χ2v) is 1.49. The second kappa shape index (κ2) is 3.77. The Morgan fingerprint density at radius 2 is 1.40 bits per heavy atom. The molecule has 58 valence electrons. The second-order valence-electron chi connectivity index (χ2n) is 1.49. The first-order chi connectivity index (χ1) is 4.63. The van der Waals surface area contributed by atoms with E-state index in [1.165, 1.54) is 0 Å². The van der Waals surface area contributed by atoms with E-state index in [1.807, 2.05) is 0 Å². The number of rotatable bonds is 2. The number of nitrogens with one attached hydrogen (secondary N) is 2. The van der Waals surface area contributed by atoms with Crippen LogP contribution in [0.5, 0.6) is 0 Å². The lowest BCUT2D eigenvalue weighted by Gasteiger charge is -2.06. The normalized spacial score (nSPS) is 9.20. The van der Waals surface area contributed by atoms with Crippen molar-refractivity contribution in [2.45, 2.75) is 6.04 Å². The van der Waals surface area contributed by atoms with Crippen LogP contribution in [0.4, 0.5) is 0 Å². The zero-order chi connectivity index (χ0) is 8.15. The van der Waals surface area contributed by atoms with Crippen molar-refractivity contribution < 1.29 is 9.59 Å². The van der Waals surface area contributed by atoms with Crippen LogP contribution in [-0.2, 0) is 9.59 Å². The molecule has 2 amide bonds. The van der Waals surface area contributed by atoms with Crippen LogP contribution in [0.25, 0.3) is 0 Å². The molecule has 0 aliphatic heterocycles. The molecule has 0 saturated carbocycles. The Morgan fingerprint density at radius 3 is 1.60 bits per heavy atom. The van der Waals surface area contributed by atoms with Gasteiger partial charge in [-0.3, -0.25) is 20.4 Å².